The minimum Gasteiger partial charge on any atom is -0.393 e. The molecule has 3 aliphatic rings. The number of hydrogen-bond acceptors (Lipinski definition) is 3. The lowest BCUT2D eigenvalue weighted by molar-refractivity contribution is -0.0416. The van der Waals surface area contributed by atoms with Gasteiger partial charge >= 0.3 is 6.03 Å². The molecule has 2 N–H and O–H groups in total. The van der Waals surface area contributed by atoms with E-state index < -0.39 is 0 Å². The molecule has 1 saturated heterocycles. The van der Waals surface area contributed by atoms with Gasteiger partial charge in [0.05, 0.1) is 24.4 Å². The zero-order chi connectivity index (χ0) is 16.2. The van der Waals surface area contributed by atoms with Crippen LogP contribution in [0.1, 0.15) is 64.7 Å². The number of urea groups is 1. The molecule has 5 heteroatoms. The quantitative estimate of drug-likeness (QED) is 0.836. The van der Waals surface area contributed by atoms with E-state index in [4.69, 9.17) is 4.74 Å². The Morgan fingerprint density at radius 1 is 1.13 bits per heavy atom. The normalized spacial score (nSPS) is 33.8. The van der Waals surface area contributed by atoms with Crippen molar-refractivity contribution < 1.29 is 14.6 Å². The highest BCUT2D eigenvalue weighted by Crippen LogP contribution is 2.28. The Labute approximate surface area is 139 Å². The van der Waals surface area contributed by atoms with Gasteiger partial charge in [-0.3, -0.25) is 0 Å². The van der Waals surface area contributed by atoms with Crippen LogP contribution in [0.4, 0.5) is 4.79 Å². The van der Waals surface area contributed by atoms with Gasteiger partial charge in [-0.15, -0.1) is 0 Å². The minimum atomic E-state index is -0.332. The van der Waals surface area contributed by atoms with Crippen LogP contribution in [-0.4, -0.2) is 53.5 Å². The zero-order valence-electron chi connectivity index (χ0n) is 14.4. The molecule has 0 radical (unpaired) electrons. The molecule has 0 unspecified atom stereocenters. The monoisotopic (exact) mass is 324 g/mol. The second-order valence-corrected chi connectivity index (χ2v) is 7.66. The van der Waals surface area contributed by atoms with Gasteiger partial charge in [0.15, 0.2) is 0 Å². The maximum atomic E-state index is 12.5. The number of likely N-dealkylation sites (tertiary alicyclic amines) is 1. The molecule has 2 amide bonds. The van der Waals surface area contributed by atoms with E-state index in [1.807, 2.05) is 11.8 Å². The molecule has 0 bridgehead atoms. The first kappa shape index (κ1) is 17.0. The standard InChI is InChI=1S/C18H32N2O3/c1-13(21)14-10-11-20(12-14)18(22)19-16-8-4-5-9-17(16)23-15-6-2-3-7-15/h13-17,21H,2-12H2,1H3,(H,19,22)/t13-,14+,16+,17-/m0/s1. The summed E-state index contributed by atoms with van der Waals surface area (Å²) in [5.74, 6) is 0.220. The minimum absolute atomic E-state index is 0.0278. The van der Waals surface area contributed by atoms with E-state index in [0.717, 1.165) is 25.8 Å². The summed E-state index contributed by atoms with van der Waals surface area (Å²) in [4.78, 5) is 14.4. The van der Waals surface area contributed by atoms with Crippen LogP contribution in [0.2, 0.25) is 0 Å². The van der Waals surface area contributed by atoms with Gasteiger partial charge in [0.25, 0.3) is 0 Å². The Bertz CT molecular complexity index is 396. The van der Waals surface area contributed by atoms with Crippen molar-refractivity contribution in [3.63, 3.8) is 0 Å². The molecule has 4 atom stereocenters. The van der Waals surface area contributed by atoms with Gasteiger partial charge in [-0.25, -0.2) is 4.79 Å². The maximum absolute atomic E-state index is 12.5. The van der Waals surface area contributed by atoms with Crippen molar-refractivity contribution >= 4 is 6.03 Å². The maximum Gasteiger partial charge on any atom is 0.317 e. The van der Waals surface area contributed by atoms with E-state index in [-0.39, 0.29) is 30.2 Å². The van der Waals surface area contributed by atoms with Gasteiger partial charge in [0, 0.05) is 19.0 Å². The van der Waals surface area contributed by atoms with E-state index in [9.17, 15) is 9.90 Å². The molecule has 2 saturated carbocycles. The molecular formula is C18H32N2O3. The van der Waals surface area contributed by atoms with Crippen molar-refractivity contribution in [2.24, 2.45) is 5.92 Å². The predicted molar refractivity (Wildman–Crippen MR) is 89.3 cm³/mol. The van der Waals surface area contributed by atoms with Gasteiger partial charge in [0.1, 0.15) is 0 Å². The topological polar surface area (TPSA) is 61.8 Å². The Hall–Kier alpha value is -0.810. The first-order valence-electron chi connectivity index (χ1n) is 9.52. The molecule has 2 aliphatic carbocycles. The third-order valence-corrected chi connectivity index (χ3v) is 5.88. The summed E-state index contributed by atoms with van der Waals surface area (Å²) < 4.78 is 6.31. The predicted octanol–water partition coefficient (Wildman–Crippen LogP) is 2.67. The number of carbonyl (C=O) groups excluding carboxylic acids is 1. The SMILES string of the molecule is C[C@H](O)[C@@H]1CCN(C(=O)N[C@@H]2CCCC[C@@H]2OC2CCCC2)C1. The van der Waals surface area contributed by atoms with Crippen molar-refractivity contribution in [1.29, 1.82) is 0 Å². The van der Waals surface area contributed by atoms with Gasteiger partial charge < -0.3 is 20.1 Å². The van der Waals surface area contributed by atoms with E-state index in [0.29, 0.717) is 12.6 Å². The highest BCUT2D eigenvalue weighted by atomic mass is 16.5. The van der Waals surface area contributed by atoms with Crippen LogP contribution in [0.25, 0.3) is 0 Å². The Kier molecular flexibility index (Phi) is 5.81. The third kappa shape index (κ3) is 4.38. The van der Waals surface area contributed by atoms with Crippen molar-refractivity contribution in [1.82, 2.24) is 10.2 Å². The van der Waals surface area contributed by atoms with Gasteiger partial charge in [-0.2, -0.15) is 0 Å². The van der Waals surface area contributed by atoms with E-state index in [1.165, 1.54) is 38.5 Å². The fraction of sp³-hybridized carbons (Fsp3) is 0.944. The Morgan fingerprint density at radius 2 is 1.83 bits per heavy atom. The molecule has 3 fully saturated rings. The van der Waals surface area contributed by atoms with Gasteiger partial charge in [0.2, 0.25) is 0 Å². The van der Waals surface area contributed by atoms with Crippen LogP contribution < -0.4 is 5.32 Å². The lowest BCUT2D eigenvalue weighted by Gasteiger charge is -2.35. The molecule has 0 spiro atoms. The van der Waals surface area contributed by atoms with Crippen LogP contribution in [0.5, 0.6) is 0 Å². The van der Waals surface area contributed by atoms with Crippen LogP contribution in [0.15, 0.2) is 0 Å². The number of carbonyl (C=O) groups is 1. The van der Waals surface area contributed by atoms with Crippen molar-refractivity contribution in [2.75, 3.05) is 13.1 Å². The van der Waals surface area contributed by atoms with Crippen molar-refractivity contribution in [3.8, 4) is 0 Å². The number of rotatable bonds is 4. The van der Waals surface area contributed by atoms with Crippen molar-refractivity contribution in [2.45, 2.75) is 89.1 Å². The van der Waals surface area contributed by atoms with Gasteiger partial charge in [-0.1, -0.05) is 25.7 Å². The number of aliphatic hydroxyl groups excluding tert-OH is 1. The lowest BCUT2D eigenvalue weighted by Crippen LogP contribution is -2.51. The number of amides is 2. The largest absolute Gasteiger partial charge is 0.393 e. The molecule has 5 nitrogen and oxygen atoms in total. The number of hydrogen-bond donors (Lipinski definition) is 2. The highest BCUT2D eigenvalue weighted by Gasteiger charge is 2.34. The van der Waals surface area contributed by atoms with Crippen molar-refractivity contribution in [3.05, 3.63) is 0 Å². The van der Waals surface area contributed by atoms with E-state index in [1.54, 1.807) is 0 Å². The molecule has 0 aromatic heterocycles. The second-order valence-electron chi connectivity index (χ2n) is 7.66. The summed E-state index contributed by atoms with van der Waals surface area (Å²) in [6.07, 6.45) is 10.6. The average molecular weight is 324 g/mol. The zero-order valence-corrected chi connectivity index (χ0v) is 14.4. The van der Waals surface area contributed by atoms with Crippen LogP contribution >= 0.6 is 0 Å². The molecule has 1 aliphatic heterocycles. The third-order valence-electron chi connectivity index (χ3n) is 5.88. The number of aliphatic hydroxyl groups is 1. The molecule has 132 valence electrons. The summed E-state index contributed by atoms with van der Waals surface area (Å²) in [5, 5.41) is 12.9. The summed E-state index contributed by atoms with van der Waals surface area (Å²) in [7, 11) is 0. The fourth-order valence-corrected chi connectivity index (χ4v) is 4.31. The highest BCUT2D eigenvalue weighted by molar-refractivity contribution is 5.75. The molecule has 0 aromatic carbocycles. The number of ether oxygens (including phenoxy) is 1. The summed E-state index contributed by atoms with van der Waals surface area (Å²) >= 11 is 0. The summed E-state index contributed by atoms with van der Waals surface area (Å²) in [6, 6.07) is 0.183. The molecule has 0 aromatic rings. The Balaban J connectivity index is 1.51. The first-order valence-corrected chi connectivity index (χ1v) is 9.52. The van der Waals surface area contributed by atoms with E-state index >= 15 is 0 Å². The number of nitrogens with one attached hydrogen (secondary N) is 1. The van der Waals surface area contributed by atoms with Crippen LogP contribution in [0.3, 0.4) is 0 Å². The molecule has 23 heavy (non-hydrogen) atoms. The summed E-state index contributed by atoms with van der Waals surface area (Å²) in [5.41, 5.74) is 0. The molecule has 3 rings (SSSR count). The fourth-order valence-electron chi connectivity index (χ4n) is 4.31. The lowest BCUT2D eigenvalue weighted by atomic mass is 9.92. The number of nitrogens with zero attached hydrogens (tertiary/aromatic N) is 1. The molecular weight excluding hydrogens is 292 g/mol. The van der Waals surface area contributed by atoms with Crippen LogP contribution in [0, 0.1) is 5.92 Å². The second kappa shape index (κ2) is 7.84. The van der Waals surface area contributed by atoms with Crippen LogP contribution in [-0.2, 0) is 4.74 Å². The Morgan fingerprint density at radius 3 is 2.52 bits per heavy atom. The molecule has 1 heterocycles. The van der Waals surface area contributed by atoms with Gasteiger partial charge in [-0.05, 0) is 39.0 Å². The average Bonchev–Trinajstić information content (AvgIpc) is 3.20. The summed E-state index contributed by atoms with van der Waals surface area (Å²) in [6.45, 7) is 3.24. The first-order chi connectivity index (χ1) is 11.1. The van der Waals surface area contributed by atoms with E-state index in [2.05, 4.69) is 5.32 Å². The smallest absolute Gasteiger partial charge is 0.317 e.